The highest BCUT2D eigenvalue weighted by Crippen LogP contribution is 2.37. The Morgan fingerprint density at radius 3 is 1.47 bits per heavy atom. The second-order valence-corrected chi connectivity index (χ2v) is 12.2. The first-order valence-electron chi connectivity index (χ1n) is 14.6. The van der Waals surface area contributed by atoms with Crippen molar-refractivity contribution in [3.05, 3.63) is 151 Å². The zero-order valence-corrected chi connectivity index (χ0v) is 24.7. The second kappa shape index (κ2) is 10.7. The molecule has 1 nitrogen and oxygen atoms in total. The van der Waals surface area contributed by atoms with E-state index in [1.165, 1.54) is 38.7 Å². The third kappa shape index (κ3) is 5.15. The number of pyridine rings is 1. The molecule has 8 aromatic rings. The minimum absolute atomic E-state index is 0.642. The lowest BCUT2D eigenvalue weighted by atomic mass is 9.95. The molecule has 0 fully saturated rings. The van der Waals surface area contributed by atoms with E-state index >= 15 is 0 Å². The normalized spacial score (nSPS) is 11.9. The molecule has 0 aliphatic carbocycles. The fourth-order valence-electron chi connectivity index (χ4n) is 5.96. The first kappa shape index (κ1) is 27.3. The first-order chi connectivity index (χ1) is 21.9. The Morgan fingerprint density at radius 2 is 0.911 bits per heavy atom. The van der Waals surface area contributed by atoms with Gasteiger partial charge in [-0.25, -0.2) is 4.98 Å². The van der Waals surface area contributed by atoms with E-state index in [2.05, 4.69) is 89.9 Å². The maximum absolute atomic E-state index is 12.9. The second-order valence-electron chi connectivity index (χ2n) is 11.2. The van der Waals surface area contributed by atoms with Crippen molar-refractivity contribution in [3.8, 4) is 44.5 Å². The van der Waals surface area contributed by atoms with Crippen LogP contribution in [-0.4, -0.2) is 4.98 Å². The Kier molecular flexibility index (Phi) is 6.50. The molecule has 0 saturated carbocycles. The fourth-order valence-corrected chi connectivity index (χ4v) is 6.98. The van der Waals surface area contributed by atoms with E-state index in [0.717, 1.165) is 61.1 Å². The Labute approximate surface area is 261 Å². The fraction of sp³-hybridized carbons (Fsp3) is 0.0250. The van der Waals surface area contributed by atoms with Gasteiger partial charge in [-0.1, -0.05) is 91.0 Å². The molecule has 0 bridgehead atoms. The first-order valence-corrected chi connectivity index (χ1v) is 15.4. The number of thiophene rings is 1. The lowest BCUT2D eigenvalue weighted by Gasteiger charge is -2.10. The summed E-state index contributed by atoms with van der Waals surface area (Å²) >= 11 is 1.72. The Morgan fingerprint density at radius 1 is 0.444 bits per heavy atom. The van der Waals surface area contributed by atoms with Gasteiger partial charge in [-0.15, -0.1) is 11.3 Å². The molecule has 2 heterocycles. The average molecular weight is 608 g/mol. The number of hydrogen-bond acceptors (Lipinski definition) is 2. The van der Waals surface area contributed by atoms with Crippen LogP contribution in [0, 0.1) is 0 Å². The summed E-state index contributed by atoms with van der Waals surface area (Å²) in [6, 6.07) is 45.7. The highest BCUT2D eigenvalue weighted by molar-refractivity contribution is 7.25. The maximum atomic E-state index is 12.9. The monoisotopic (exact) mass is 607 g/mol. The third-order valence-electron chi connectivity index (χ3n) is 8.40. The van der Waals surface area contributed by atoms with E-state index in [1.54, 1.807) is 11.3 Å². The smallest absolute Gasteiger partial charge is 0.245 e. The molecule has 6 aromatic carbocycles. The van der Waals surface area contributed by atoms with Crippen molar-refractivity contribution >= 4 is 42.4 Å². The van der Waals surface area contributed by atoms with Crippen LogP contribution in [-0.2, 0) is 6.18 Å². The van der Waals surface area contributed by atoms with E-state index in [1.807, 2.05) is 36.5 Å². The van der Waals surface area contributed by atoms with E-state index in [4.69, 9.17) is 0 Å². The van der Waals surface area contributed by atoms with Gasteiger partial charge < -0.3 is 0 Å². The Bertz CT molecular complexity index is 2330. The van der Waals surface area contributed by atoms with E-state index in [-0.39, 0.29) is 0 Å². The molecule has 0 atom stereocenters. The van der Waals surface area contributed by atoms with Crippen LogP contribution >= 0.6 is 11.3 Å². The molecule has 0 aliphatic heterocycles. The molecule has 0 saturated heterocycles. The number of halogens is 3. The Hall–Kier alpha value is -5.26. The quantitative estimate of drug-likeness (QED) is 0.194. The van der Waals surface area contributed by atoms with Gasteiger partial charge in [-0.05, 0) is 104 Å². The van der Waals surface area contributed by atoms with Crippen LogP contribution in [0.3, 0.4) is 0 Å². The summed E-state index contributed by atoms with van der Waals surface area (Å²) in [4.78, 5) is 5.59. The van der Waals surface area contributed by atoms with Crippen molar-refractivity contribution in [1.82, 2.24) is 4.98 Å². The standard InChI is InChI=1S/C40H24F3NS/c41-40(42,43)35-18-15-26(16-19-35)25-3-5-27(6-4-25)31-13-11-30-12-14-32(23-34(30)22-31)28-7-9-29(10-8-28)33-17-20-38-37(24-33)36-2-1-21-44-39(36)45-38/h1-24H. The van der Waals surface area contributed by atoms with Crippen molar-refractivity contribution in [3.63, 3.8) is 0 Å². The average Bonchev–Trinajstić information content (AvgIpc) is 3.46. The maximum Gasteiger partial charge on any atom is 0.416 e. The number of benzene rings is 6. The van der Waals surface area contributed by atoms with Gasteiger partial charge in [0, 0.05) is 21.7 Å². The van der Waals surface area contributed by atoms with E-state index in [0.29, 0.717) is 0 Å². The van der Waals surface area contributed by atoms with Crippen LogP contribution in [0.4, 0.5) is 13.2 Å². The molecule has 0 amide bonds. The summed E-state index contributed by atoms with van der Waals surface area (Å²) in [6.45, 7) is 0. The molecular weight excluding hydrogens is 584 g/mol. The van der Waals surface area contributed by atoms with Crippen LogP contribution < -0.4 is 0 Å². The van der Waals surface area contributed by atoms with Gasteiger partial charge in [0.1, 0.15) is 4.83 Å². The van der Waals surface area contributed by atoms with Gasteiger partial charge in [0.05, 0.1) is 5.56 Å². The number of fused-ring (bicyclic) bond motifs is 4. The summed E-state index contributed by atoms with van der Waals surface area (Å²) in [5.74, 6) is 0. The predicted molar refractivity (Wildman–Crippen MR) is 181 cm³/mol. The lowest BCUT2D eigenvalue weighted by molar-refractivity contribution is -0.137. The molecular formula is C40H24F3NS. The number of rotatable bonds is 4. The molecule has 5 heteroatoms. The summed E-state index contributed by atoms with van der Waals surface area (Å²) < 4.78 is 40.1. The van der Waals surface area contributed by atoms with Crippen molar-refractivity contribution < 1.29 is 13.2 Å². The van der Waals surface area contributed by atoms with Crippen molar-refractivity contribution in [2.45, 2.75) is 6.18 Å². The largest absolute Gasteiger partial charge is 0.416 e. The predicted octanol–water partition coefficient (Wildman–Crippen LogP) is 12.3. The molecule has 2 aromatic heterocycles. The SMILES string of the molecule is FC(F)(F)c1ccc(-c2ccc(-c3ccc4ccc(-c5ccc(-c6ccc7sc8ncccc8c7c6)cc5)cc4c3)cc2)cc1. The molecule has 0 aliphatic rings. The van der Waals surface area contributed by atoms with Crippen LogP contribution in [0.15, 0.2) is 146 Å². The topological polar surface area (TPSA) is 12.9 Å². The van der Waals surface area contributed by atoms with E-state index in [9.17, 15) is 13.2 Å². The summed E-state index contributed by atoms with van der Waals surface area (Å²) in [7, 11) is 0. The number of aromatic nitrogens is 1. The van der Waals surface area contributed by atoms with Crippen LogP contribution in [0.1, 0.15) is 5.56 Å². The number of nitrogens with zero attached hydrogens (tertiary/aromatic N) is 1. The number of alkyl halides is 3. The Balaban J connectivity index is 1.06. The third-order valence-corrected chi connectivity index (χ3v) is 9.50. The van der Waals surface area contributed by atoms with Crippen molar-refractivity contribution in [2.24, 2.45) is 0 Å². The van der Waals surface area contributed by atoms with Gasteiger partial charge in [0.25, 0.3) is 0 Å². The minimum Gasteiger partial charge on any atom is -0.245 e. The van der Waals surface area contributed by atoms with Crippen LogP contribution in [0.5, 0.6) is 0 Å². The molecule has 216 valence electrons. The van der Waals surface area contributed by atoms with E-state index < -0.39 is 11.7 Å². The van der Waals surface area contributed by atoms with Gasteiger partial charge >= 0.3 is 6.18 Å². The van der Waals surface area contributed by atoms with Crippen molar-refractivity contribution in [1.29, 1.82) is 0 Å². The van der Waals surface area contributed by atoms with Gasteiger partial charge in [0.15, 0.2) is 0 Å². The summed E-state index contributed by atoms with van der Waals surface area (Å²) in [5, 5.41) is 4.74. The zero-order valence-electron chi connectivity index (χ0n) is 23.8. The molecule has 45 heavy (non-hydrogen) atoms. The molecule has 8 rings (SSSR count). The van der Waals surface area contributed by atoms with Gasteiger partial charge in [-0.2, -0.15) is 13.2 Å². The minimum atomic E-state index is -4.34. The van der Waals surface area contributed by atoms with Crippen LogP contribution in [0.25, 0.3) is 75.6 Å². The summed E-state index contributed by atoms with van der Waals surface area (Å²) in [6.07, 6.45) is -2.49. The highest BCUT2D eigenvalue weighted by atomic mass is 32.1. The molecule has 0 spiro atoms. The molecule has 0 radical (unpaired) electrons. The highest BCUT2D eigenvalue weighted by Gasteiger charge is 2.30. The zero-order chi connectivity index (χ0) is 30.5. The van der Waals surface area contributed by atoms with Crippen molar-refractivity contribution in [2.75, 3.05) is 0 Å². The molecule has 0 N–H and O–H groups in total. The summed E-state index contributed by atoms with van der Waals surface area (Å²) in [5.41, 5.74) is 7.77. The number of hydrogen-bond donors (Lipinski definition) is 0. The van der Waals surface area contributed by atoms with Crippen LogP contribution in [0.2, 0.25) is 0 Å². The van der Waals surface area contributed by atoms with Gasteiger partial charge in [-0.3, -0.25) is 0 Å². The lowest BCUT2D eigenvalue weighted by Crippen LogP contribution is -2.03. The van der Waals surface area contributed by atoms with Gasteiger partial charge in [0.2, 0.25) is 0 Å². The molecule has 0 unspecified atom stereocenters.